The van der Waals surface area contributed by atoms with Gasteiger partial charge in [0.15, 0.2) is 0 Å². The van der Waals surface area contributed by atoms with E-state index in [2.05, 4.69) is 35.7 Å². The van der Waals surface area contributed by atoms with Gasteiger partial charge in [0, 0.05) is 19.0 Å². The van der Waals surface area contributed by atoms with Gasteiger partial charge in [0.1, 0.15) is 11.6 Å². The molecule has 0 bridgehead atoms. The van der Waals surface area contributed by atoms with Crippen LogP contribution in [0.4, 0.5) is 5.82 Å². The summed E-state index contributed by atoms with van der Waals surface area (Å²) in [6.07, 6.45) is 5.64. The molecule has 0 spiro atoms. The van der Waals surface area contributed by atoms with Crippen LogP contribution in [0.15, 0.2) is 18.7 Å². The van der Waals surface area contributed by atoms with Crippen LogP contribution in [0.3, 0.4) is 0 Å². The Morgan fingerprint density at radius 3 is 2.83 bits per heavy atom. The van der Waals surface area contributed by atoms with Crippen LogP contribution in [0, 0.1) is 0 Å². The van der Waals surface area contributed by atoms with Crippen molar-refractivity contribution in [2.75, 3.05) is 18.5 Å². The van der Waals surface area contributed by atoms with Crippen molar-refractivity contribution in [3.05, 3.63) is 24.5 Å². The molecular formula is C14H23N3O. The van der Waals surface area contributed by atoms with Gasteiger partial charge in [-0.05, 0) is 19.3 Å². The molecule has 4 heteroatoms. The zero-order valence-electron chi connectivity index (χ0n) is 11.4. The summed E-state index contributed by atoms with van der Waals surface area (Å²) in [4.78, 5) is 8.86. The normalized spacial score (nSPS) is 10.1. The molecule has 1 aromatic rings. The topological polar surface area (TPSA) is 47.0 Å². The minimum Gasteiger partial charge on any atom is -0.477 e. The van der Waals surface area contributed by atoms with E-state index in [4.69, 9.17) is 4.74 Å². The van der Waals surface area contributed by atoms with E-state index in [1.807, 2.05) is 12.1 Å². The van der Waals surface area contributed by atoms with E-state index in [9.17, 15) is 0 Å². The van der Waals surface area contributed by atoms with Gasteiger partial charge < -0.3 is 10.1 Å². The van der Waals surface area contributed by atoms with Crippen molar-refractivity contribution in [3.63, 3.8) is 0 Å². The molecule has 0 radical (unpaired) electrons. The third-order valence-electron chi connectivity index (χ3n) is 2.35. The predicted octanol–water partition coefficient (Wildman–Crippen LogP) is 3.21. The number of nitrogens with one attached hydrogen (secondary N) is 1. The van der Waals surface area contributed by atoms with Gasteiger partial charge in [-0.3, -0.25) is 0 Å². The maximum absolute atomic E-state index is 5.59. The minimum absolute atomic E-state index is 0.610. The third kappa shape index (κ3) is 5.17. The minimum atomic E-state index is 0.610. The molecule has 1 heterocycles. The molecule has 0 atom stereocenters. The van der Waals surface area contributed by atoms with Crippen molar-refractivity contribution >= 4 is 5.82 Å². The molecule has 0 unspecified atom stereocenters. The maximum atomic E-state index is 5.59. The van der Waals surface area contributed by atoms with Gasteiger partial charge in [0.2, 0.25) is 5.88 Å². The summed E-state index contributed by atoms with van der Waals surface area (Å²) in [5.41, 5.74) is 0. The summed E-state index contributed by atoms with van der Waals surface area (Å²) < 4.78 is 5.59. The summed E-state index contributed by atoms with van der Waals surface area (Å²) >= 11 is 0. The highest BCUT2D eigenvalue weighted by Gasteiger charge is 2.04. The smallest absolute Gasteiger partial charge is 0.218 e. The molecule has 0 amide bonds. The number of hydrogen-bond acceptors (Lipinski definition) is 4. The van der Waals surface area contributed by atoms with Gasteiger partial charge in [-0.25, -0.2) is 4.98 Å². The average molecular weight is 249 g/mol. The van der Waals surface area contributed by atoms with Gasteiger partial charge in [0.25, 0.3) is 0 Å². The summed E-state index contributed by atoms with van der Waals surface area (Å²) in [5, 5.41) is 3.27. The Balaban J connectivity index is 2.73. The van der Waals surface area contributed by atoms with Crippen molar-refractivity contribution in [1.82, 2.24) is 9.97 Å². The van der Waals surface area contributed by atoms with Crippen molar-refractivity contribution in [2.24, 2.45) is 0 Å². The molecule has 0 aliphatic rings. The molecule has 0 fully saturated rings. The van der Waals surface area contributed by atoms with E-state index in [0.717, 1.165) is 43.9 Å². The lowest BCUT2D eigenvalue weighted by atomic mass is 10.3. The lowest BCUT2D eigenvalue weighted by molar-refractivity contribution is 0.311. The maximum Gasteiger partial charge on any atom is 0.218 e. The second-order valence-corrected chi connectivity index (χ2v) is 4.11. The van der Waals surface area contributed by atoms with Crippen molar-refractivity contribution < 1.29 is 4.74 Å². The molecule has 4 nitrogen and oxygen atoms in total. The van der Waals surface area contributed by atoms with E-state index in [1.165, 1.54) is 0 Å². The zero-order chi connectivity index (χ0) is 13.2. The lowest BCUT2D eigenvalue weighted by Crippen LogP contribution is -2.07. The Morgan fingerprint density at radius 1 is 1.33 bits per heavy atom. The quantitative estimate of drug-likeness (QED) is 0.539. The van der Waals surface area contributed by atoms with Crippen molar-refractivity contribution in [1.29, 1.82) is 0 Å². The fraction of sp³-hybridized carbons (Fsp3) is 0.571. The molecule has 18 heavy (non-hydrogen) atoms. The summed E-state index contributed by atoms with van der Waals surface area (Å²) in [5.74, 6) is 2.34. The molecular weight excluding hydrogens is 226 g/mol. The average Bonchev–Trinajstić information content (AvgIpc) is 2.37. The first-order valence-electron chi connectivity index (χ1n) is 6.65. The first-order chi connectivity index (χ1) is 8.80. The second kappa shape index (κ2) is 8.50. The van der Waals surface area contributed by atoms with Crippen molar-refractivity contribution in [3.8, 4) is 5.88 Å². The Bertz CT molecular complexity index is 366. The molecule has 0 saturated carbocycles. The molecule has 0 aliphatic carbocycles. The first kappa shape index (κ1) is 14.5. The molecule has 1 N–H and O–H groups in total. The van der Waals surface area contributed by atoms with E-state index in [-0.39, 0.29) is 0 Å². The van der Waals surface area contributed by atoms with E-state index >= 15 is 0 Å². The van der Waals surface area contributed by atoms with Crippen molar-refractivity contribution in [2.45, 2.75) is 39.5 Å². The van der Waals surface area contributed by atoms with Crippen LogP contribution in [0.5, 0.6) is 5.88 Å². The van der Waals surface area contributed by atoms with Gasteiger partial charge in [-0.1, -0.05) is 19.9 Å². The Hall–Kier alpha value is -1.58. The zero-order valence-corrected chi connectivity index (χ0v) is 11.4. The largest absolute Gasteiger partial charge is 0.477 e. The van der Waals surface area contributed by atoms with Gasteiger partial charge >= 0.3 is 0 Å². The number of rotatable bonds is 9. The van der Waals surface area contributed by atoms with Crippen LogP contribution in [0.25, 0.3) is 0 Å². The number of hydrogen-bond donors (Lipinski definition) is 1. The molecule has 1 aromatic heterocycles. The Morgan fingerprint density at radius 2 is 2.17 bits per heavy atom. The summed E-state index contributed by atoms with van der Waals surface area (Å²) in [6.45, 7) is 9.44. The summed E-state index contributed by atoms with van der Waals surface area (Å²) in [7, 11) is 0. The highest BCUT2D eigenvalue weighted by Crippen LogP contribution is 2.15. The fourth-order valence-electron chi connectivity index (χ4n) is 1.47. The van der Waals surface area contributed by atoms with Crippen LogP contribution in [0.2, 0.25) is 0 Å². The molecule has 0 aliphatic heterocycles. The van der Waals surface area contributed by atoms with Crippen LogP contribution in [0.1, 0.15) is 38.9 Å². The molecule has 0 saturated heterocycles. The van der Waals surface area contributed by atoms with E-state index < -0.39 is 0 Å². The molecule has 1 rings (SSSR count). The Labute approximate surface area is 109 Å². The number of ether oxygens (including phenoxy) is 1. The molecule has 100 valence electrons. The van der Waals surface area contributed by atoms with Crippen LogP contribution < -0.4 is 10.1 Å². The monoisotopic (exact) mass is 249 g/mol. The van der Waals surface area contributed by atoms with Gasteiger partial charge in [0.05, 0.1) is 6.61 Å². The lowest BCUT2D eigenvalue weighted by Gasteiger charge is -2.09. The highest BCUT2D eigenvalue weighted by molar-refractivity contribution is 5.38. The number of nitrogens with zero attached hydrogens (tertiary/aromatic N) is 2. The predicted molar refractivity (Wildman–Crippen MR) is 75.1 cm³/mol. The van der Waals surface area contributed by atoms with Gasteiger partial charge in [-0.2, -0.15) is 4.98 Å². The van der Waals surface area contributed by atoms with Crippen LogP contribution in [-0.4, -0.2) is 23.1 Å². The Kier molecular flexibility index (Phi) is 6.84. The van der Waals surface area contributed by atoms with E-state index in [0.29, 0.717) is 12.5 Å². The highest BCUT2D eigenvalue weighted by atomic mass is 16.5. The standard InChI is InChI=1S/C14H23N3O/c1-4-7-10-18-14-11-13(15-9-6-3)16-12(17-14)8-5-2/h4,11H,1,5-10H2,2-3H3,(H,15,16,17). The summed E-state index contributed by atoms with van der Waals surface area (Å²) in [6, 6.07) is 1.86. The van der Waals surface area contributed by atoms with Crippen LogP contribution >= 0.6 is 0 Å². The fourth-order valence-corrected chi connectivity index (χ4v) is 1.47. The third-order valence-corrected chi connectivity index (χ3v) is 2.35. The second-order valence-electron chi connectivity index (χ2n) is 4.11. The SMILES string of the molecule is C=CCCOc1cc(NCCC)nc(CCC)n1. The van der Waals surface area contributed by atoms with Gasteiger partial charge in [-0.15, -0.1) is 6.58 Å². The number of aryl methyl sites for hydroxylation is 1. The first-order valence-corrected chi connectivity index (χ1v) is 6.65. The van der Waals surface area contributed by atoms with E-state index in [1.54, 1.807) is 0 Å². The number of aromatic nitrogens is 2. The van der Waals surface area contributed by atoms with Crippen LogP contribution in [-0.2, 0) is 6.42 Å². The molecule has 0 aromatic carbocycles. The number of anilines is 1.